The number of ether oxygens (including phenoxy) is 3. The van der Waals surface area contributed by atoms with E-state index in [1.165, 1.54) is 0 Å². The monoisotopic (exact) mass is 486 g/mol. The van der Waals surface area contributed by atoms with Crippen LogP contribution in [0.4, 0.5) is 0 Å². The van der Waals surface area contributed by atoms with Crippen molar-refractivity contribution in [2.24, 2.45) is 0 Å². The molecule has 0 rings (SSSR count). The van der Waals surface area contributed by atoms with Crippen LogP contribution in [0.3, 0.4) is 0 Å². The van der Waals surface area contributed by atoms with E-state index in [2.05, 4.69) is 0 Å². The topological polar surface area (TPSA) is 116 Å². The molecule has 32 heavy (non-hydrogen) atoms. The predicted octanol–water partition coefficient (Wildman–Crippen LogP) is 0.268. The largest absolute Gasteiger partial charge is 0.501 e. The first-order valence-electron chi connectivity index (χ1n) is 11.9. The molecular weight excluding hydrogens is 438 g/mol. The van der Waals surface area contributed by atoms with E-state index in [-0.39, 0.29) is 19.8 Å². The van der Waals surface area contributed by atoms with Gasteiger partial charge in [0.15, 0.2) is 0 Å². The molecule has 0 fully saturated rings. The molecule has 11 heteroatoms. The fourth-order valence-corrected chi connectivity index (χ4v) is 6.17. The number of aliphatic hydroxyl groups is 3. The van der Waals surface area contributed by atoms with E-state index >= 15 is 0 Å². The molecule has 0 unspecified atom stereocenters. The normalized spacial score (nSPS) is 12.6. The molecule has 0 aromatic rings. The highest BCUT2D eigenvalue weighted by molar-refractivity contribution is 6.60. The number of aliphatic hydroxyl groups excluding tert-OH is 3. The molecule has 0 saturated carbocycles. The van der Waals surface area contributed by atoms with Crippen LogP contribution in [0.2, 0.25) is 6.04 Å². The van der Waals surface area contributed by atoms with Crippen LogP contribution < -0.4 is 0 Å². The summed E-state index contributed by atoms with van der Waals surface area (Å²) in [5.74, 6) is 0. The third-order valence-electron chi connectivity index (χ3n) is 5.04. The van der Waals surface area contributed by atoms with Crippen LogP contribution in [0.25, 0.3) is 0 Å². The minimum Gasteiger partial charge on any atom is -0.394 e. The second-order valence-electron chi connectivity index (χ2n) is 7.33. The van der Waals surface area contributed by atoms with Crippen LogP contribution >= 0.6 is 0 Å². The minimum atomic E-state index is -2.73. The number of hydrogen-bond acceptors (Lipinski definition) is 9. The Morgan fingerprint density at radius 2 is 0.938 bits per heavy atom. The Balaban J connectivity index is 5.26. The van der Waals surface area contributed by atoms with Gasteiger partial charge in [-0.3, -0.25) is 0 Å². The summed E-state index contributed by atoms with van der Waals surface area (Å²) in [5, 5.41) is 27.1. The van der Waals surface area contributed by atoms with Gasteiger partial charge in [0, 0.05) is 32.3 Å². The van der Waals surface area contributed by atoms with E-state index in [1.807, 2.05) is 20.8 Å². The number of nitrogens with zero attached hydrogens (tertiary/aromatic N) is 1. The molecule has 10 nitrogen and oxygen atoms in total. The summed E-state index contributed by atoms with van der Waals surface area (Å²) < 4.78 is 35.4. The van der Waals surface area contributed by atoms with Crippen molar-refractivity contribution in [1.29, 1.82) is 0 Å². The first-order valence-corrected chi connectivity index (χ1v) is 13.8. The Morgan fingerprint density at radius 3 is 1.25 bits per heavy atom. The van der Waals surface area contributed by atoms with Crippen LogP contribution in [-0.4, -0.2) is 134 Å². The zero-order valence-electron chi connectivity index (χ0n) is 20.5. The van der Waals surface area contributed by atoms with Gasteiger partial charge in [0.1, 0.15) is 19.6 Å². The second kappa shape index (κ2) is 21.4. The van der Waals surface area contributed by atoms with Gasteiger partial charge in [-0.15, -0.1) is 0 Å². The van der Waals surface area contributed by atoms with Gasteiger partial charge in [-0.05, 0) is 20.8 Å². The van der Waals surface area contributed by atoms with Crippen LogP contribution in [0.15, 0.2) is 0 Å². The maximum absolute atomic E-state index is 9.02. The van der Waals surface area contributed by atoms with Gasteiger partial charge in [0.25, 0.3) is 0 Å². The summed E-state index contributed by atoms with van der Waals surface area (Å²) >= 11 is 0. The molecule has 0 aromatic carbocycles. The van der Waals surface area contributed by atoms with Crippen molar-refractivity contribution in [3.05, 3.63) is 0 Å². The first kappa shape index (κ1) is 31.8. The van der Waals surface area contributed by atoms with Crippen molar-refractivity contribution in [3.63, 3.8) is 0 Å². The highest BCUT2D eigenvalue weighted by Gasteiger charge is 2.41. The second-order valence-corrected chi connectivity index (χ2v) is 10.1. The third-order valence-corrected chi connectivity index (χ3v) is 8.20. The van der Waals surface area contributed by atoms with Crippen molar-refractivity contribution in [3.8, 4) is 0 Å². The average Bonchev–Trinajstić information content (AvgIpc) is 2.78. The molecule has 0 heterocycles. The summed E-state index contributed by atoms with van der Waals surface area (Å²) in [7, 11) is -2.73. The summed E-state index contributed by atoms with van der Waals surface area (Å²) in [5.41, 5.74) is 0. The SMILES string of the molecule is CCO[Si](CCC[N+](CCOCCO)(CCOCCO)CCOCCO)(OCC)OCC. The molecule has 0 atom stereocenters. The molecule has 194 valence electrons. The van der Waals surface area contributed by atoms with E-state index in [0.717, 1.165) is 38.6 Å². The first-order chi connectivity index (χ1) is 15.6. The zero-order valence-corrected chi connectivity index (χ0v) is 21.5. The molecule has 0 spiro atoms. The average molecular weight is 487 g/mol. The van der Waals surface area contributed by atoms with Crippen LogP contribution in [0, 0.1) is 0 Å². The lowest BCUT2D eigenvalue weighted by atomic mass is 10.2. The van der Waals surface area contributed by atoms with E-state index < -0.39 is 8.80 Å². The highest BCUT2D eigenvalue weighted by Crippen LogP contribution is 2.20. The van der Waals surface area contributed by atoms with Gasteiger partial charge >= 0.3 is 8.80 Å². The van der Waals surface area contributed by atoms with Crippen molar-refractivity contribution in [1.82, 2.24) is 0 Å². The molecule has 0 radical (unpaired) electrons. The Bertz CT molecular complexity index is 359. The molecule has 3 N–H and O–H groups in total. The fraction of sp³-hybridized carbons (Fsp3) is 1.00. The summed E-state index contributed by atoms with van der Waals surface area (Å²) in [6, 6.07) is 0.717. The number of hydrogen-bond donors (Lipinski definition) is 3. The van der Waals surface area contributed by atoms with Crippen molar-refractivity contribution < 1.29 is 47.3 Å². The molecule has 0 aliphatic carbocycles. The zero-order chi connectivity index (χ0) is 24.0. The smallest absolute Gasteiger partial charge is 0.394 e. The standard InChI is InChI=1S/C21H48NO9Si/c1-4-29-32(30-5-2,31-6-3)21-7-8-22(9-15-26-18-12-23,10-16-27-19-13-24)11-17-28-20-14-25/h23-25H,4-21H2,1-3H3/q+1. The van der Waals surface area contributed by atoms with E-state index in [4.69, 9.17) is 42.8 Å². The number of rotatable bonds is 25. The van der Waals surface area contributed by atoms with E-state index in [9.17, 15) is 0 Å². The molecule has 0 bridgehead atoms. The Hall–Kier alpha value is -0.183. The molecule has 0 aliphatic heterocycles. The maximum atomic E-state index is 9.02. The van der Waals surface area contributed by atoms with Gasteiger partial charge in [-0.25, -0.2) is 0 Å². The quantitative estimate of drug-likeness (QED) is 0.0950. The summed E-state index contributed by atoms with van der Waals surface area (Å²) in [6.45, 7) is 12.9. The predicted molar refractivity (Wildman–Crippen MR) is 123 cm³/mol. The molecular formula is C21H48NO9Si+. The summed E-state index contributed by atoms with van der Waals surface area (Å²) in [6.07, 6.45) is 0.840. The van der Waals surface area contributed by atoms with E-state index in [0.29, 0.717) is 63.9 Å². The summed E-state index contributed by atoms with van der Waals surface area (Å²) in [4.78, 5) is 0. The Labute approximate surface area is 195 Å². The van der Waals surface area contributed by atoms with Gasteiger partial charge < -0.3 is 47.3 Å². The van der Waals surface area contributed by atoms with Crippen LogP contribution in [-0.2, 0) is 27.5 Å². The van der Waals surface area contributed by atoms with Gasteiger partial charge in [-0.2, -0.15) is 0 Å². The Morgan fingerprint density at radius 1 is 0.562 bits per heavy atom. The van der Waals surface area contributed by atoms with Crippen LogP contribution in [0.1, 0.15) is 27.2 Å². The van der Waals surface area contributed by atoms with E-state index in [1.54, 1.807) is 0 Å². The lowest BCUT2D eigenvalue weighted by Crippen LogP contribution is -2.55. The number of quaternary nitrogens is 1. The minimum absolute atomic E-state index is 0.00951. The van der Waals surface area contributed by atoms with Crippen LogP contribution in [0.5, 0.6) is 0 Å². The van der Waals surface area contributed by atoms with Gasteiger partial charge in [0.2, 0.25) is 0 Å². The van der Waals surface area contributed by atoms with Crippen molar-refractivity contribution in [2.75, 3.05) is 105 Å². The Kier molecular flexibility index (Phi) is 21.2. The molecule has 0 saturated heterocycles. The third kappa shape index (κ3) is 14.9. The fourth-order valence-electron chi connectivity index (χ4n) is 3.58. The highest BCUT2D eigenvalue weighted by atomic mass is 28.4. The van der Waals surface area contributed by atoms with Crippen molar-refractivity contribution >= 4 is 8.80 Å². The van der Waals surface area contributed by atoms with Gasteiger partial charge in [0.05, 0.1) is 66.0 Å². The molecule has 0 aliphatic rings. The maximum Gasteiger partial charge on any atom is 0.501 e. The molecule has 0 amide bonds. The van der Waals surface area contributed by atoms with Gasteiger partial charge in [-0.1, -0.05) is 0 Å². The molecule has 0 aromatic heterocycles. The lowest BCUT2D eigenvalue weighted by molar-refractivity contribution is -0.929. The lowest BCUT2D eigenvalue weighted by Gasteiger charge is -2.39. The van der Waals surface area contributed by atoms with Crippen molar-refractivity contribution in [2.45, 2.75) is 33.2 Å².